The number of anilines is 1. The van der Waals surface area contributed by atoms with E-state index in [1.54, 1.807) is 20.3 Å². The number of benzene rings is 1. The monoisotopic (exact) mass is 279 g/mol. The van der Waals surface area contributed by atoms with Gasteiger partial charge in [-0.1, -0.05) is 0 Å². The Morgan fingerprint density at radius 3 is 2.47 bits per heavy atom. The Balaban J connectivity index is 2.17. The van der Waals surface area contributed by atoms with Gasteiger partial charge in [-0.25, -0.2) is 9.97 Å². The van der Waals surface area contributed by atoms with Crippen molar-refractivity contribution in [3.05, 3.63) is 17.4 Å². The molecule has 1 aromatic heterocycles. The van der Waals surface area contributed by atoms with Crippen molar-refractivity contribution in [1.29, 1.82) is 0 Å². The van der Waals surface area contributed by atoms with Crippen molar-refractivity contribution < 1.29 is 9.47 Å². The zero-order valence-electron chi connectivity index (χ0n) is 10.7. The normalized spacial score (nSPS) is 14.5. The number of nitrogens with one attached hydrogen (secondary N) is 1. The molecule has 100 valence electrons. The summed E-state index contributed by atoms with van der Waals surface area (Å²) in [6.07, 6.45) is 2.33. The highest BCUT2D eigenvalue weighted by atomic mass is 35.5. The zero-order chi connectivity index (χ0) is 13.4. The summed E-state index contributed by atoms with van der Waals surface area (Å²) in [6, 6.07) is 4.16. The van der Waals surface area contributed by atoms with Crippen LogP contribution in [0.4, 0.5) is 5.82 Å². The van der Waals surface area contributed by atoms with Crippen LogP contribution in [0.3, 0.4) is 0 Å². The molecule has 0 radical (unpaired) electrons. The summed E-state index contributed by atoms with van der Waals surface area (Å²) < 4.78 is 10.6. The Morgan fingerprint density at radius 2 is 1.84 bits per heavy atom. The van der Waals surface area contributed by atoms with Crippen LogP contribution in [0.15, 0.2) is 12.1 Å². The Hall–Kier alpha value is -1.75. The summed E-state index contributed by atoms with van der Waals surface area (Å²) in [5.41, 5.74) is 0.737. The molecule has 0 saturated heterocycles. The number of rotatable bonds is 4. The van der Waals surface area contributed by atoms with Crippen LogP contribution in [-0.2, 0) is 0 Å². The average molecular weight is 280 g/mol. The third kappa shape index (κ3) is 2.38. The SMILES string of the molecule is COc1cc2nc(Cl)nc(NC3CC3)c2cc1OC. The lowest BCUT2D eigenvalue weighted by Crippen LogP contribution is -2.05. The smallest absolute Gasteiger partial charge is 0.224 e. The highest BCUT2D eigenvalue weighted by molar-refractivity contribution is 6.28. The number of halogens is 1. The summed E-state index contributed by atoms with van der Waals surface area (Å²) in [5.74, 6) is 2.03. The fraction of sp³-hybridized carbons (Fsp3) is 0.385. The third-order valence-corrected chi connectivity index (χ3v) is 3.26. The first-order valence-corrected chi connectivity index (χ1v) is 6.45. The molecular formula is C13H14ClN3O2. The van der Waals surface area contributed by atoms with Gasteiger partial charge in [-0.3, -0.25) is 0 Å². The van der Waals surface area contributed by atoms with E-state index in [4.69, 9.17) is 21.1 Å². The lowest BCUT2D eigenvalue weighted by Gasteiger charge is -2.12. The fourth-order valence-corrected chi connectivity index (χ4v) is 2.13. The maximum absolute atomic E-state index is 5.96. The molecule has 3 rings (SSSR count). The minimum atomic E-state index is 0.225. The van der Waals surface area contributed by atoms with Crippen LogP contribution >= 0.6 is 11.6 Å². The van der Waals surface area contributed by atoms with Crippen LogP contribution in [-0.4, -0.2) is 30.2 Å². The topological polar surface area (TPSA) is 56.3 Å². The molecule has 1 aliphatic rings. The molecule has 1 saturated carbocycles. The average Bonchev–Trinajstić information content (AvgIpc) is 3.21. The van der Waals surface area contributed by atoms with Crippen molar-refractivity contribution in [2.75, 3.05) is 19.5 Å². The van der Waals surface area contributed by atoms with Crippen LogP contribution in [0.1, 0.15) is 12.8 Å². The van der Waals surface area contributed by atoms with Gasteiger partial charge in [-0.15, -0.1) is 0 Å². The second-order valence-electron chi connectivity index (χ2n) is 4.48. The van der Waals surface area contributed by atoms with Crippen molar-refractivity contribution in [3.8, 4) is 11.5 Å². The quantitative estimate of drug-likeness (QED) is 0.872. The second-order valence-corrected chi connectivity index (χ2v) is 4.82. The van der Waals surface area contributed by atoms with E-state index in [0.717, 1.165) is 29.6 Å². The van der Waals surface area contributed by atoms with Crippen LogP contribution < -0.4 is 14.8 Å². The number of ether oxygens (including phenoxy) is 2. The number of fused-ring (bicyclic) bond motifs is 1. The molecule has 19 heavy (non-hydrogen) atoms. The van der Waals surface area contributed by atoms with Crippen LogP contribution in [0, 0.1) is 0 Å². The third-order valence-electron chi connectivity index (χ3n) is 3.09. The van der Waals surface area contributed by atoms with Gasteiger partial charge < -0.3 is 14.8 Å². The molecule has 0 amide bonds. The highest BCUT2D eigenvalue weighted by Gasteiger charge is 2.23. The summed E-state index contributed by atoms with van der Waals surface area (Å²) in [4.78, 5) is 8.49. The van der Waals surface area contributed by atoms with Gasteiger partial charge in [-0.05, 0) is 30.5 Å². The molecule has 0 aliphatic heterocycles. The van der Waals surface area contributed by atoms with E-state index in [-0.39, 0.29) is 5.28 Å². The molecule has 2 aromatic rings. The number of hydrogen-bond donors (Lipinski definition) is 1. The van der Waals surface area contributed by atoms with E-state index in [1.807, 2.05) is 6.07 Å². The molecule has 1 heterocycles. The van der Waals surface area contributed by atoms with Gasteiger partial charge in [-0.2, -0.15) is 0 Å². The predicted molar refractivity (Wildman–Crippen MR) is 74.3 cm³/mol. The number of methoxy groups -OCH3 is 2. The van der Waals surface area contributed by atoms with Gasteiger partial charge in [0, 0.05) is 17.5 Å². The molecule has 1 aromatic carbocycles. The van der Waals surface area contributed by atoms with Gasteiger partial charge in [0.1, 0.15) is 5.82 Å². The van der Waals surface area contributed by atoms with Crippen LogP contribution in [0.25, 0.3) is 10.9 Å². The number of nitrogens with zero attached hydrogens (tertiary/aromatic N) is 2. The van der Waals surface area contributed by atoms with E-state index in [0.29, 0.717) is 17.5 Å². The molecule has 1 N–H and O–H groups in total. The van der Waals surface area contributed by atoms with E-state index in [9.17, 15) is 0 Å². The Bertz CT molecular complexity index is 629. The van der Waals surface area contributed by atoms with Crippen molar-refractivity contribution >= 4 is 28.3 Å². The maximum atomic E-state index is 5.96. The molecular weight excluding hydrogens is 266 g/mol. The first-order valence-electron chi connectivity index (χ1n) is 6.07. The Morgan fingerprint density at radius 1 is 1.16 bits per heavy atom. The number of hydrogen-bond acceptors (Lipinski definition) is 5. The fourth-order valence-electron chi connectivity index (χ4n) is 1.96. The van der Waals surface area contributed by atoms with E-state index >= 15 is 0 Å². The Kier molecular flexibility index (Phi) is 3.06. The standard InChI is InChI=1S/C13H14ClN3O2/c1-18-10-5-8-9(6-11(10)19-2)16-13(14)17-12(8)15-7-3-4-7/h5-7H,3-4H2,1-2H3,(H,15,16,17). The highest BCUT2D eigenvalue weighted by Crippen LogP contribution is 2.36. The lowest BCUT2D eigenvalue weighted by molar-refractivity contribution is 0.356. The van der Waals surface area contributed by atoms with Gasteiger partial charge >= 0.3 is 0 Å². The summed E-state index contributed by atoms with van der Waals surface area (Å²) >= 11 is 5.96. The van der Waals surface area contributed by atoms with Crippen molar-refractivity contribution in [1.82, 2.24) is 9.97 Å². The Labute approximate surface area is 115 Å². The predicted octanol–water partition coefficient (Wildman–Crippen LogP) is 2.87. The first kappa shape index (κ1) is 12.3. The van der Waals surface area contributed by atoms with Crippen LogP contribution in [0.5, 0.6) is 11.5 Å². The van der Waals surface area contributed by atoms with E-state index in [1.165, 1.54) is 0 Å². The van der Waals surface area contributed by atoms with Crippen LogP contribution in [0.2, 0.25) is 5.28 Å². The molecule has 6 heteroatoms. The minimum absolute atomic E-state index is 0.225. The van der Waals surface area contributed by atoms with Gasteiger partial charge in [0.2, 0.25) is 5.28 Å². The molecule has 5 nitrogen and oxygen atoms in total. The minimum Gasteiger partial charge on any atom is -0.493 e. The molecule has 0 bridgehead atoms. The second kappa shape index (κ2) is 4.74. The number of aromatic nitrogens is 2. The van der Waals surface area contributed by atoms with E-state index in [2.05, 4.69) is 15.3 Å². The van der Waals surface area contributed by atoms with Crippen molar-refractivity contribution in [2.24, 2.45) is 0 Å². The molecule has 0 atom stereocenters. The first-order chi connectivity index (χ1) is 9.21. The van der Waals surface area contributed by atoms with Crippen molar-refractivity contribution in [3.63, 3.8) is 0 Å². The molecule has 0 spiro atoms. The summed E-state index contributed by atoms with van der Waals surface area (Å²) in [6.45, 7) is 0. The van der Waals surface area contributed by atoms with Gasteiger partial charge in [0.15, 0.2) is 11.5 Å². The summed E-state index contributed by atoms with van der Waals surface area (Å²) in [7, 11) is 3.20. The summed E-state index contributed by atoms with van der Waals surface area (Å²) in [5, 5.41) is 4.46. The lowest BCUT2D eigenvalue weighted by atomic mass is 10.2. The van der Waals surface area contributed by atoms with Gasteiger partial charge in [0.05, 0.1) is 19.7 Å². The maximum Gasteiger partial charge on any atom is 0.224 e. The zero-order valence-corrected chi connectivity index (χ0v) is 11.5. The largest absolute Gasteiger partial charge is 0.493 e. The van der Waals surface area contributed by atoms with Gasteiger partial charge in [0.25, 0.3) is 0 Å². The van der Waals surface area contributed by atoms with E-state index < -0.39 is 0 Å². The molecule has 0 unspecified atom stereocenters. The molecule has 1 fully saturated rings. The van der Waals surface area contributed by atoms with Crippen molar-refractivity contribution in [2.45, 2.75) is 18.9 Å². The molecule has 1 aliphatic carbocycles.